The number of nitrogens with zero attached hydrogens (tertiary/aromatic N) is 6. The van der Waals surface area contributed by atoms with Gasteiger partial charge in [0.15, 0.2) is 9.84 Å². The first-order chi connectivity index (χ1) is 23.5. The summed E-state index contributed by atoms with van der Waals surface area (Å²) in [5.74, 6) is -6.00. The zero-order valence-electron chi connectivity index (χ0n) is 28.9. The monoisotopic (exact) mass is 671 g/mol. The summed E-state index contributed by atoms with van der Waals surface area (Å²) < 4.78 is 112. The van der Waals surface area contributed by atoms with Crippen LogP contribution in [0.15, 0.2) is 59.6 Å². The van der Waals surface area contributed by atoms with Crippen molar-refractivity contribution in [1.82, 2.24) is 24.5 Å². The van der Waals surface area contributed by atoms with Crippen molar-refractivity contribution in [2.24, 2.45) is 13.0 Å². The summed E-state index contributed by atoms with van der Waals surface area (Å²) in [6.07, 6.45) is 1.44. The number of hydrogen-bond acceptors (Lipinski definition) is 6. The molecule has 4 heterocycles. The Labute approximate surface area is 274 Å². The van der Waals surface area contributed by atoms with Crippen molar-refractivity contribution in [3.05, 3.63) is 66.0 Å². The molecule has 8 nitrogen and oxygen atoms in total. The van der Waals surface area contributed by atoms with E-state index in [9.17, 15) is 26.0 Å². The Bertz CT molecular complexity index is 2190. The van der Waals surface area contributed by atoms with E-state index in [2.05, 4.69) is 10.3 Å². The third kappa shape index (κ3) is 5.66. The number of aryl methyl sites for hydroxylation is 2. The van der Waals surface area contributed by atoms with Gasteiger partial charge in [0.25, 0.3) is 5.92 Å². The molecule has 0 spiro atoms. The van der Waals surface area contributed by atoms with Gasteiger partial charge in [0.2, 0.25) is 5.92 Å². The summed E-state index contributed by atoms with van der Waals surface area (Å²) in [6.45, 7) is -2.57. The van der Waals surface area contributed by atoms with Gasteiger partial charge in [-0.1, -0.05) is 35.5 Å². The van der Waals surface area contributed by atoms with Gasteiger partial charge in [0, 0.05) is 73.6 Å². The minimum atomic E-state index is -3.92. The predicted molar refractivity (Wildman–Crippen MR) is 173 cm³/mol. The molecule has 1 unspecified atom stereocenters. The molecular formula is C34H36F4N6O2S. The van der Waals surface area contributed by atoms with Crippen molar-refractivity contribution >= 4 is 37.5 Å². The highest BCUT2D eigenvalue weighted by molar-refractivity contribution is 7.91. The summed E-state index contributed by atoms with van der Waals surface area (Å²) in [5, 5.41) is 8.30. The van der Waals surface area contributed by atoms with Crippen molar-refractivity contribution in [3.63, 3.8) is 0 Å². The van der Waals surface area contributed by atoms with Crippen LogP contribution >= 0.6 is 0 Å². The number of piperidine rings is 1. The first-order valence-electron chi connectivity index (χ1n) is 17.1. The maximum Gasteiger partial charge on any atom is 0.251 e. The maximum atomic E-state index is 14.6. The first kappa shape index (κ1) is 28.1. The molecule has 1 saturated carbocycles. The molecule has 7 rings (SSSR count). The molecule has 248 valence electrons. The van der Waals surface area contributed by atoms with Crippen LogP contribution in [0.2, 0.25) is 0 Å². The summed E-state index contributed by atoms with van der Waals surface area (Å²) in [7, 11) is -2.37. The molecule has 0 bridgehead atoms. The molecule has 1 aliphatic carbocycles. The van der Waals surface area contributed by atoms with Crippen LogP contribution in [0.25, 0.3) is 33.2 Å². The minimum absolute atomic E-state index is 0.0214. The second kappa shape index (κ2) is 11.3. The van der Waals surface area contributed by atoms with Crippen molar-refractivity contribution in [2.75, 3.05) is 24.2 Å². The molecule has 0 amide bonds. The number of alkyl halides is 4. The summed E-state index contributed by atoms with van der Waals surface area (Å²) in [4.78, 5) is 6.62. The number of pyridine rings is 1. The van der Waals surface area contributed by atoms with Crippen LogP contribution in [0.5, 0.6) is 0 Å². The van der Waals surface area contributed by atoms with Gasteiger partial charge in [-0.2, -0.15) is 0 Å². The van der Waals surface area contributed by atoms with E-state index in [4.69, 9.17) is 9.10 Å². The number of rotatable bonds is 6. The average Bonchev–Trinajstić information content (AvgIpc) is 3.60. The molecule has 5 aromatic rings. The third-order valence-corrected chi connectivity index (χ3v) is 10.8. The highest BCUT2D eigenvalue weighted by atomic mass is 32.2. The smallest absolute Gasteiger partial charge is 0.251 e. The number of sulfone groups is 1. The lowest BCUT2D eigenvalue weighted by molar-refractivity contribution is -0.0493. The molecule has 0 radical (unpaired) electrons. The Morgan fingerprint density at radius 3 is 2.32 bits per heavy atom. The highest BCUT2D eigenvalue weighted by Gasteiger charge is 2.41. The predicted octanol–water partition coefficient (Wildman–Crippen LogP) is 7.35. The second-order valence-electron chi connectivity index (χ2n) is 12.8. The van der Waals surface area contributed by atoms with E-state index in [0.29, 0.717) is 27.7 Å². The summed E-state index contributed by atoms with van der Waals surface area (Å²) >= 11 is 0. The number of hydrogen-bond donors (Lipinski definition) is 0. The van der Waals surface area contributed by atoms with E-state index < -0.39 is 34.6 Å². The molecule has 0 N–H and O–H groups in total. The summed E-state index contributed by atoms with van der Waals surface area (Å²) in [5.41, 5.74) is 2.67. The summed E-state index contributed by atoms with van der Waals surface area (Å²) in [6, 6.07) is 13.4. The molecule has 2 aromatic carbocycles. The minimum Gasteiger partial charge on any atom is -0.370 e. The number of aromatic nitrogens is 5. The number of anilines is 1. The molecule has 2 aliphatic rings. The van der Waals surface area contributed by atoms with Crippen LogP contribution in [-0.2, 0) is 16.9 Å². The van der Waals surface area contributed by atoms with Gasteiger partial charge < -0.3 is 9.47 Å². The average molecular weight is 672 g/mol. The number of benzene rings is 2. The fourth-order valence-corrected chi connectivity index (χ4v) is 8.25. The van der Waals surface area contributed by atoms with Crippen LogP contribution in [0.4, 0.5) is 23.2 Å². The Balaban J connectivity index is 1.60. The van der Waals surface area contributed by atoms with Crippen LogP contribution in [0.3, 0.4) is 0 Å². The van der Waals surface area contributed by atoms with Gasteiger partial charge in [0.05, 0.1) is 44.3 Å². The lowest BCUT2D eigenvalue weighted by atomic mass is 9.79. The van der Waals surface area contributed by atoms with Gasteiger partial charge >= 0.3 is 0 Å². The van der Waals surface area contributed by atoms with E-state index in [1.807, 2.05) is 39.8 Å². The molecule has 1 atom stereocenters. The lowest BCUT2D eigenvalue weighted by Crippen LogP contribution is -2.39. The third-order valence-electron chi connectivity index (χ3n) is 9.69. The van der Waals surface area contributed by atoms with E-state index in [1.165, 1.54) is 16.9 Å². The van der Waals surface area contributed by atoms with Gasteiger partial charge in [0.1, 0.15) is 0 Å². The van der Waals surface area contributed by atoms with Crippen molar-refractivity contribution in [1.29, 1.82) is 0 Å². The van der Waals surface area contributed by atoms with Gasteiger partial charge in [-0.15, -0.1) is 5.10 Å². The Hall–Kier alpha value is -4.00. The highest BCUT2D eigenvalue weighted by Crippen LogP contribution is 2.49. The van der Waals surface area contributed by atoms with Crippen LogP contribution < -0.4 is 4.90 Å². The normalized spacial score (nSPS) is 20.6. The van der Waals surface area contributed by atoms with Crippen LogP contribution in [-0.4, -0.2) is 64.2 Å². The standard InChI is InChI=1S/C34H36F4N6O2S/c1-21-30(42(2)41-40-21)24-19-26-29(39-20-24)28-25(43-17-15-34(37,38)16-18-43)9-10-27(47(3,45)46)32(28)44(26)31(22-7-5-4-6-8-22)23-11-13-33(35,36)14-12-23/h4-10,19-20,23,31H,11-18H2,1-3H3/i1D3. The van der Waals surface area contributed by atoms with Crippen molar-refractivity contribution in [3.8, 4) is 11.3 Å². The van der Waals surface area contributed by atoms with E-state index in [0.717, 1.165) is 11.8 Å². The van der Waals surface area contributed by atoms with Crippen molar-refractivity contribution in [2.45, 2.75) is 68.2 Å². The van der Waals surface area contributed by atoms with E-state index >= 15 is 0 Å². The van der Waals surface area contributed by atoms with Crippen LogP contribution in [0, 0.1) is 12.8 Å². The van der Waals surface area contributed by atoms with Crippen LogP contribution in [0.1, 0.15) is 59.9 Å². The molecule has 47 heavy (non-hydrogen) atoms. The molecule has 13 heteroatoms. The molecule has 2 fully saturated rings. The zero-order valence-corrected chi connectivity index (χ0v) is 26.7. The van der Waals surface area contributed by atoms with Gasteiger partial charge in [-0.05, 0) is 49.4 Å². The topological polar surface area (TPSA) is 85.9 Å². The maximum absolute atomic E-state index is 14.6. The zero-order chi connectivity index (χ0) is 35.8. The van der Waals surface area contributed by atoms with Crippen molar-refractivity contribution < 1.29 is 30.1 Å². The SMILES string of the molecule is [2H]C([2H])([2H])c1nnn(C)c1-c1cnc2c3c(N4CCC(F)(F)CC4)ccc(S(C)(=O)=O)c3n(C(c3ccccc3)C3CCC(F)(F)CC3)c2c1. The molecule has 3 aromatic heterocycles. The van der Waals surface area contributed by atoms with Gasteiger partial charge in [-0.3, -0.25) is 4.98 Å². The lowest BCUT2D eigenvalue weighted by Gasteiger charge is -2.36. The Kier molecular flexibility index (Phi) is 6.75. The fourth-order valence-electron chi connectivity index (χ4n) is 7.38. The van der Waals surface area contributed by atoms with E-state index in [1.54, 1.807) is 19.2 Å². The molecule has 1 saturated heterocycles. The largest absolute Gasteiger partial charge is 0.370 e. The second-order valence-corrected chi connectivity index (χ2v) is 14.8. The fraction of sp³-hybridized carbons (Fsp3) is 0.441. The number of halogens is 4. The molecule has 1 aliphatic heterocycles. The quantitative estimate of drug-likeness (QED) is 0.176. The van der Waals surface area contributed by atoms with E-state index in [-0.39, 0.29) is 79.3 Å². The number of fused-ring (bicyclic) bond motifs is 3. The Morgan fingerprint density at radius 2 is 1.66 bits per heavy atom. The first-order valence-corrected chi connectivity index (χ1v) is 17.5. The molecular weight excluding hydrogens is 632 g/mol. The Morgan fingerprint density at radius 1 is 0.979 bits per heavy atom. The van der Waals surface area contributed by atoms with Gasteiger partial charge in [-0.25, -0.2) is 30.7 Å².